The summed E-state index contributed by atoms with van der Waals surface area (Å²) in [4.78, 5) is 41.5. The number of rotatable bonds is 4. The summed E-state index contributed by atoms with van der Waals surface area (Å²) in [7, 11) is 0. The third kappa shape index (κ3) is 2.53. The molecule has 0 saturated carbocycles. The second-order valence-electron chi connectivity index (χ2n) is 4.10. The van der Waals surface area contributed by atoms with Gasteiger partial charge in [-0.25, -0.2) is 4.98 Å². The summed E-state index contributed by atoms with van der Waals surface area (Å²) in [5.74, 6) is -1.42. The standard InChI is InChI=1S/C11H12N4O4S/c1-4-6-9(18)14-3-15-11(6)20-7(4)10(19)13-2-5(16)8(12)17/h3,5,16H,2H2,1H3,(H2,12,17)(H,13,19)(H,14,15,18). The fourth-order valence-corrected chi connectivity index (χ4v) is 2.73. The molecule has 0 aromatic carbocycles. The number of carbonyl (C=O) groups is 2. The third-order valence-corrected chi connectivity index (χ3v) is 3.92. The number of nitrogens with two attached hydrogens (primary N) is 1. The van der Waals surface area contributed by atoms with Gasteiger partial charge >= 0.3 is 0 Å². The first kappa shape index (κ1) is 14.2. The Labute approximate surface area is 116 Å². The SMILES string of the molecule is Cc1c(C(=O)NCC(O)C(N)=O)sc2nc[nH]c(=O)c12. The van der Waals surface area contributed by atoms with E-state index in [4.69, 9.17) is 5.73 Å². The summed E-state index contributed by atoms with van der Waals surface area (Å²) in [6, 6.07) is 0. The summed E-state index contributed by atoms with van der Waals surface area (Å²) in [6.45, 7) is 1.35. The maximum atomic E-state index is 12.0. The number of aromatic amines is 1. The van der Waals surface area contributed by atoms with Crippen molar-refractivity contribution in [2.75, 3.05) is 6.54 Å². The van der Waals surface area contributed by atoms with Crippen molar-refractivity contribution in [3.05, 3.63) is 27.1 Å². The molecule has 0 aliphatic carbocycles. The zero-order chi connectivity index (χ0) is 14.9. The molecule has 0 aliphatic heterocycles. The normalized spacial score (nSPS) is 12.3. The van der Waals surface area contributed by atoms with Gasteiger partial charge in [-0.2, -0.15) is 0 Å². The monoisotopic (exact) mass is 296 g/mol. The van der Waals surface area contributed by atoms with Crippen LogP contribution in [0, 0.1) is 6.92 Å². The van der Waals surface area contributed by atoms with Gasteiger partial charge < -0.3 is 21.1 Å². The topological polar surface area (TPSA) is 138 Å². The van der Waals surface area contributed by atoms with Gasteiger partial charge in [0.1, 0.15) is 10.9 Å². The fourth-order valence-electron chi connectivity index (χ4n) is 1.67. The number of primary amides is 1. The fraction of sp³-hybridized carbons (Fsp3) is 0.273. The number of nitrogens with zero attached hydrogens (tertiary/aromatic N) is 1. The smallest absolute Gasteiger partial charge is 0.261 e. The Morgan fingerprint density at radius 2 is 2.30 bits per heavy atom. The average Bonchev–Trinajstić information content (AvgIpc) is 2.74. The highest BCUT2D eigenvalue weighted by atomic mass is 32.1. The van der Waals surface area contributed by atoms with E-state index in [0.717, 1.165) is 11.3 Å². The zero-order valence-electron chi connectivity index (χ0n) is 10.5. The summed E-state index contributed by atoms with van der Waals surface area (Å²) < 4.78 is 0. The number of aliphatic hydroxyl groups is 1. The molecule has 1 atom stereocenters. The van der Waals surface area contributed by atoms with Crippen LogP contribution in [0.1, 0.15) is 15.2 Å². The van der Waals surface area contributed by atoms with Gasteiger partial charge in [0.2, 0.25) is 5.91 Å². The molecule has 0 fully saturated rings. The highest BCUT2D eigenvalue weighted by Gasteiger charge is 2.19. The molecule has 0 bridgehead atoms. The third-order valence-electron chi connectivity index (χ3n) is 2.72. The van der Waals surface area contributed by atoms with Crippen LogP contribution in [0.5, 0.6) is 0 Å². The van der Waals surface area contributed by atoms with E-state index in [1.165, 1.54) is 6.33 Å². The largest absolute Gasteiger partial charge is 0.381 e. The number of fused-ring (bicyclic) bond motifs is 1. The lowest BCUT2D eigenvalue weighted by atomic mass is 10.2. The van der Waals surface area contributed by atoms with Gasteiger partial charge in [-0.3, -0.25) is 14.4 Å². The Kier molecular flexibility index (Phi) is 3.81. The minimum absolute atomic E-state index is 0.286. The molecular weight excluding hydrogens is 284 g/mol. The van der Waals surface area contributed by atoms with Crippen LogP contribution in [0.4, 0.5) is 0 Å². The second kappa shape index (κ2) is 5.39. The molecule has 0 saturated heterocycles. The Hall–Kier alpha value is -2.26. The molecule has 2 amide bonds. The Morgan fingerprint density at radius 3 is 2.90 bits per heavy atom. The van der Waals surface area contributed by atoms with Crippen LogP contribution in [0.3, 0.4) is 0 Å². The molecule has 0 aliphatic rings. The van der Waals surface area contributed by atoms with Gasteiger partial charge in [-0.05, 0) is 12.5 Å². The number of hydrogen-bond donors (Lipinski definition) is 4. The highest BCUT2D eigenvalue weighted by Crippen LogP contribution is 2.26. The number of thiophene rings is 1. The van der Waals surface area contributed by atoms with Gasteiger partial charge in [-0.1, -0.05) is 0 Å². The lowest BCUT2D eigenvalue weighted by Crippen LogP contribution is -2.39. The van der Waals surface area contributed by atoms with Crippen LogP contribution in [0.2, 0.25) is 0 Å². The van der Waals surface area contributed by atoms with Crippen LogP contribution in [0.15, 0.2) is 11.1 Å². The Balaban J connectivity index is 2.27. The molecule has 106 valence electrons. The summed E-state index contributed by atoms with van der Waals surface area (Å²) >= 11 is 1.07. The number of carbonyl (C=O) groups excluding carboxylic acids is 2. The average molecular weight is 296 g/mol. The van der Waals surface area contributed by atoms with Crippen molar-refractivity contribution < 1.29 is 14.7 Å². The number of aromatic nitrogens is 2. The van der Waals surface area contributed by atoms with Gasteiger partial charge in [0.15, 0.2) is 0 Å². The van der Waals surface area contributed by atoms with E-state index in [-0.39, 0.29) is 12.1 Å². The molecule has 2 heterocycles. The van der Waals surface area contributed by atoms with Crippen molar-refractivity contribution in [2.45, 2.75) is 13.0 Å². The van der Waals surface area contributed by atoms with E-state index in [2.05, 4.69) is 15.3 Å². The molecule has 8 nitrogen and oxygen atoms in total. The van der Waals surface area contributed by atoms with Crippen molar-refractivity contribution in [1.29, 1.82) is 0 Å². The van der Waals surface area contributed by atoms with Gasteiger partial charge in [-0.15, -0.1) is 11.3 Å². The molecule has 2 rings (SSSR count). The number of aliphatic hydroxyl groups excluding tert-OH is 1. The molecule has 20 heavy (non-hydrogen) atoms. The van der Waals surface area contributed by atoms with Crippen molar-refractivity contribution in [1.82, 2.24) is 15.3 Å². The van der Waals surface area contributed by atoms with E-state index in [1.54, 1.807) is 6.92 Å². The van der Waals surface area contributed by atoms with E-state index in [1.807, 2.05) is 0 Å². The van der Waals surface area contributed by atoms with Gasteiger partial charge in [0.05, 0.1) is 23.1 Å². The van der Waals surface area contributed by atoms with E-state index in [0.29, 0.717) is 20.7 Å². The number of H-pyrrole nitrogens is 1. The quantitative estimate of drug-likeness (QED) is 0.565. The van der Waals surface area contributed by atoms with Crippen molar-refractivity contribution in [3.8, 4) is 0 Å². The number of hydrogen-bond acceptors (Lipinski definition) is 6. The maximum absolute atomic E-state index is 12.0. The van der Waals surface area contributed by atoms with Crippen molar-refractivity contribution in [2.24, 2.45) is 5.73 Å². The molecule has 2 aromatic heterocycles. The van der Waals surface area contributed by atoms with Crippen molar-refractivity contribution in [3.63, 3.8) is 0 Å². The van der Waals surface area contributed by atoms with Crippen LogP contribution in [-0.4, -0.2) is 39.5 Å². The Morgan fingerprint density at radius 1 is 1.60 bits per heavy atom. The van der Waals surface area contributed by atoms with Gasteiger partial charge in [0.25, 0.3) is 11.5 Å². The van der Waals surface area contributed by atoms with Crippen LogP contribution < -0.4 is 16.6 Å². The molecule has 0 spiro atoms. The van der Waals surface area contributed by atoms with E-state index in [9.17, 15) is 19.5 Å². The van der Waals surface area contributed by atoms with Crippen LogP contribution in [0.25, 0.3) is 10.2 Å². The molecular formula is C11H12N4O4S. The minimum Gasteiger partial charge on any atom is -0.381 e. The van der Waals surface area contributed by atoms with Crippen molar-refractivity contribution >= 4 is 33.4 Å². The minimum atomic E-state index is -1.45. The molecule has 2 aromatic rings. The lowest BCUT2D eigenvalue weighted by molar-refractivity contribution is -0.125. The van der Waals surface area contributed by atoms with E-state index >= 15 is 0 Å². The summed E-state index contributed by atoms with van der Waals surface area (Å²) in [5, 5.41) is 12.0. The van der Waals surface area contributed by atoms with E-state index < -0.39 is 17.9 Å². The maximum Gasteiger partial charge on any atom is 0.261 e. The number of nitrogens with one attached hydrogen (secondary N) is 2. The number of amides is 2. The first-order valence-corrected chi connectivity index (χ1v) is 6.45. The first-order valence-electron chi connectivity index (χ1n) is 5.64. The van der Waals surface area contributed by atoms with Crippen LogP contribution >= 0.6 is 11.3 Å². The summed E-state index contributed by atoms with van der Waals surface area (Å²) in [6.07, 6.45) is -0.186. The first-order chi connectivity index (χ1) is 9.41. The highest BCUT2D eigenvalue weighted by molar-refractivity contribution is 7.20. The zero-order valence-corrected chi connectivity index (χ0v) is 11.3. The lowest BCUT2D eigenvalue weighted by Gasteiger charge is -2.07. The number of aryl methyl sites for hydroxylation is 1. The second-order valence-corrected chi connectivity index (χ2v) is 5.10. The molecule has 1 unspecified atom stereocenters. The summed E-state index contributed by atoms with van der Waals surface area (Å²) in [5.41, 5.74) is 5.06. The molecule has 9 heteroatoms. The van der Waals surface area contributed by atoms with Crippen LogP contribution in [-0.2, 0) is 4.79 Å². The molecule has 5 N–H and O–H groups in total. The predicted molar refractivity (Wildman–Crippen MR) is 72.5 cm³/mol. The Bertz CT molecular complexity index is 736. The predicted octanol–water partition coefficient (Wildman–Crippen LogP) is -1.13. The van der Waals surface area contributed by atoms with Gasteiger partial charge in [0, 0.05) is 0 Å². The molecule has 0 radical (unpaired) electrons.